The molecule has 11 heteroatoms. The van der Waals surface area contributed by atoms with Gasteiger partial charge >= 0.3 is 6.18 Å². The molecule has 3 aromatic carbocycles. The van der Waals surface area contributed by atoms with Crippen molar-refractivity contribution in [3.05, 3.63) is 113 Å². The summed E-state index contributed by atoms with van der Waals surface area (Å²) in [4.78, 5) is 14.7. The number of rotatable bonds is 11. The summed E-state index contributed by atoms with van der Waals surface area (Å²) in [6, 6.07) is 25.6. The molecule has 230 valence electrons. The van der Waals surface area contributed by atoms with Crippen molar-refractivity contribution in [2.75, 3.05) is 13.2 Å². The van der Waals surface area contributed by atoms with E-state index in [9.17, 15) is 23.1 Å². The van der Waals surface area contributed by atoms with Gasteiger partial charge in [-0.1, -0.05) is 93.0 Å². The number of aromatic nitrogens is 1. The number of alkyl halides is 3. The molecule has 0 amide bonds. The van der Waals surface area contributed by atoms with Gasteiger partial charge in [0.1, 0.15) is 23.1 Å². The minimum Gasteiger partial charge on any atom is -0.545 e. The number of carbonyl (C=O) groups is 1. The van der Waals surface area contributed by atoms with E-state index in [1.807, 2.05) is 36.4 Å². The van der Waals surface area contributed by atoms with Crippen LogP contribution in [0.25, 0.3) is 6.08 Å². The van der Waals surface area contributed by atoms with Crippen molar-refractivity contribution in [3.63, 3.8) is 0 Å². The van der Waals surface area contributed by atoms with Gasteiger partial charge in [-0.05, 0) is 45.8 Å². The Morgan fingerprint density at radius 3 is 2.07 bits per heavy atom. The molecule has 0 aliphatic rings. The van der Waals surface area contributed by atoms with E-state index in [0.29, 0.717) is 18.0 Å². The zero-order valence-corrected chi connectivity index (χ0v) is 26.0. The van der Waals surface area contributed by atoms with Gasteiger partial charge in [0.05, 0.1) is 18.1 Å². The molecule has 0 N–H and O–H groups in total. The third-order valence-electron chi connectivity index (χ3n) is 6.81. The Bertz CT molecular complexity index is 1570. The van der Waals surface area contributed by atoms with Crippen molar-refractivity contribution >= 4 is 42.3 Å². The lowest BCUT2D eigenvalue weighted by atomic mass is 10.1. The molecule has 0 aliphatic heterocycles. The van der Waals surface area contributed by atoms with Crippen molar-refractivity contribution in [3.8, 4) is 17.4 Å². The normalized spacial score (nSPS) is 12.3. The Hall–Kier alpha value is -4.12. The maximum atomic E-state index is 13.1. The smallest absolute Gasteiger partial charge is 0.417 e. The van der Waals surface area contributed by atoms with E-state index in [1.54, 1.807) is 6.07 Å². The fraction of sp³-hybridized carbons (Fsp3) is 0.212. The quantitative estimate of drug-likeness (QED) is 0.109. The first-order valence-electron chi connectivity index (χ1n) is 13.6. The molecule has 6 nitrogen and oxygen atoms in total. The molecule has 1 heterocycles. The van der Waals surface area contributed by atoms with Gasteiger partial charge in [-0.25, -0.2) is 4.98 Å². The lowest BCUT2D eigenvalue weighted by Crippen LogP contribution is -2.66. The number of nitrogens with zero attached hydrogens (tertiary/aromatic N) is 1. The summed E-state index contributed by atoms with van der Waals surface area (Å²) in [5.41, 5.74) is -0.757. The lowest BCUT2D eigenvalue weighted by Gasteiger charge is -2.43. The maximum absolute atomic E-state index is 13.1. The van der Waals surface area contributed by atoms with Crippen molar-refractivity contribution in [2.45, 2.75) is 32.0 Å². The van der Waals surface area contributed by atoms with Crippen molar-refractivity contribution in [1.29, 1.82) is 0 Å². The van der Waals surface area contributed by atoms with Gasteiger partial charge in [0, 0.05) is 17.8 Å². The number of hydrogen-bond acceptors (Lipinski definition) is 6. The molecular weight excluding hydrogens is 611 g/mol. The number of aliphatic carboxylic acids is 1. The molecule has 0 atom stereocenters. The van der Waals surface area contributed by atoms with Crippen LogP contribution < -0.4 is 25.0 Å². The predicted octanol–water partition coefficient (Wildman–Crippen LogP) is 6.26. The summed E-state index contributed by atoms with van der Waals surface area (Å²) < 4.78 is 57.8. The van der Waals surface area contributed by atoms with E-state index < -0.39 is 26.0 Å². The average molecular weight is 641 g/mol. The van der Waals surface area contributed by atoms with Crippen LogP contribution in [-0.2, 0) is 15.4 Å². The largest absolute Gasteiger partial charge is 0.545 e. The molecule has 0 spiro atoms. The predicted molar refractivity (Wildman–Crippen MR) is 164 cm³/mol. The molecule has 0 unspecified atom stereocenters. The highest BCUT2D eigenvalue weighted by molar-refractivity contribution is 6.99. The Kier molecular flexibility index (Phi) is 10.2. The maximum Gasteiger partial charge on any atom is 0.417 e. The van der Waals surface area contributed by atoms with Gasteiger partial charge in [-0.2, -0.15) is 13.2 Å². The second-order valence-corrected chi connectivity index (χ2v) is 15.5. The highest BCUT2D eigenvalue weighted by Gasteiger charge is 2.50. The van der Waals surface area contributed by atoms with Crippen LogP contribution in [0.1, 0.15) is 31.9 Å². The van der Waals surface area contributed by atoms with Gasteiger partial charge in [-0.15, -0.1) is 0 Å². The number of carboxylic acids is 1. The third-order valence-corrected chi connectivity index (χ3v) is 12.1. The first kappa shape index (κ1) is 32.8. The summed E-state index contributed by atoms with van der Waals surface area (Å²) in [5, 5.41) is 12.7. The second-order valence-electron chi connectivity index (χ2n) is 10.8. The molecular formula is C33H30ClF3NO5Si-. The van der Waals surface area contributed by atoms with Crippen LogP contribution in [0.4, 0.5) is 13.2 Å². The summed E-state index contributed by atoms with van der Waals surface area (Å²) in [6.45, 7) is 6.93. The Balaban J connectivity index is 1.58. The van der Waals surface area contributed by atoms with Crippen LogP contribution in [0.2, 0.25) is 10.1 Å². The van der Waals surface area contributed by atoms with E-state index in [-0.39, 0.29) is 40.5 Å². The summed E-state index contributed by atoms with van der Waals surface area (Å²) in [5.74, 6) is -1.33. The van der Waals surface area contributed by atoms with E-state index in [4.69, 9.17) is 25.5 Å². The zero-order chi connectivity index (χ0) is 32.0. The molecule has 44 heavy (non-hydrogen) atoms. The fourth-order valence-electron chi connectivity index (χ4n) is 4.86. The topological polar surface area (TPSA) is 80.7 Å². The number of benzene rings is 3. The van der Waals surface area contributed by atoms with Gasteiger partial charge < -0.3 is 23.8 Å². The minimum absolute atomic E-state index is 0.0575. The molecule has 0 saturated carbocycles. The average Bonchev–Trinajstić information content (AvgIpc) is 2.97. The Labute approximate surface area is 259 Å². The van der Waals surface area contributed by atoms with E-state index in [2.05, 4.69) is 50.0 Å². The van der Waals surface area contributed by atoms with Crippen molar-refractivity contribution in [2.24, 2.45) is 0 Å². The van der Waals surface area contributed by atoms with Gasteiger partial charge in [-0.3, -0.25) is 0 Å². The van der Waals surface area contributed by atoms with Crippen LogP contribution in [0.5, 0.6) is 17.4 Å². The van der Waals surface area contributed by atoms with E-state index >= 15 is 0 Å². The zero-order valence-electron chi connectivity index (χ0n) is 24.2. The highest BCUT2D eigenvalue weighted by atomic mass is 35.5. The molecule has 1 aromatic heterocycles. The van der Waals surface area contributed by atoms with E-state index in [1.165, 1.54) is 18.2 Å². The molecule has 0 aliphatic carbocycles. The van der Waals surface area contributed by atoms with Gasteiger partial charge in [0.15, 0.2) is 0 Å². The molecule has 4 aromatic rings. The number of ether oxygens (including phenoxy) is 2. The van der Waals surface area contributed by atoms with Crippen molar-refractivity contribution < 1.29 is 37.0 Å². The lowest BCUT2D eigenvalue weighted by molar-refractivity contribution is -0.297. The van der Waals surface area contributed by atoms with Crippen LogP contribution in [-0.4, -0.2) is 32.5 Å². The molecule has 0 fully saturated rings. The molecule has 0 radical (unpaired) electrons. The number of carbonyl (C=O) groups excluding carboxylic acids is 1. The van der Waals surface area contributed by atoms with Gasteiger partial charge in [0.25, 0.3) is 8.32 Å². The summed E-state index contributed by atoms with van der Waals surface area (Å²) in [6.07, 6.45) is -2.02. The Morgan fingerprint density at radius 2 is 1.55 bits per heavy atom. The second kappa shape index (κ2) is 13.7. The summed E-state index contributed by atoms with van der Waals surface area (Å²) >= 11 is 6.03. The molecule has 0 bridgehead atoms. The fourth-order valence-corrected chi connectivity index (χ4v) is 9.61. The number of halogens is 4. The highest BCUT2D eigenvalue weighted by Crippen LogP contribution is 2.38. The number of carboxylic acid groups (broad SMARTS) is 1. The van der Waals surface area contributed by atoms with Gasteiger partial charge in [0.2, 0.25) is 5.88 Å². The van der Waals surface area contributed by atoms with Crippen LogP contribution in [0.3, 0.4) is 0 Å². The third kappa shape index (κ3) is 7.68. The van der Waals surface area contributed by atoms with Crippen molar-refractivity contribution in [1.82, 2.24) is 4.98 Å². The first-order chi connectivity index (χ1) is 20.8. The van der Waals surface area contributed by atoms with Crippen LogP contribution in [0, 0.1) is 0 Å². The standard InChI is InChI=1S/C33H31ClF3NO5Si/c1-32(2,3)44(26-10-6-4-7-11-26,27-12-8-5-9-13-27)42-19-18-41-25-16-14-23(15-17-30(39)40)29(21-25)43-31-28(34)20-24(22-38-31)33(35,36)37/h4-17,20-22H,18-19H2,1-3H3,(H,39,40)/p-1/b17-15+. The first-order valence-corrected chi connectivity index (χ1v) is 15.9. The SMILES string of the molecule is CC(C)(C)[Si](OCCOc1ccc(/C=C/C(=O)[O-])c(Oc2ncc(C(F)(F)F)cc2Cl)c1)(c1ccccc1)c1ccccc1. The minimum atomic E-state index is -4.64. The summed E-state index contributed by atoms with van der Waals surface area (Å²) in [7, 11) is -2.78. The van der Waals surface area contributed by atoms with Crippen LogP contribution >= 0.6 is 11.6 Å². The Morgan fingerprint density at radius 1 is 0.932 bits per heavy atom. The monoisotopic (exact) mass is 640 g/mol. The van der Waals surface area contributed by atoms with Crippen LogP contribution in [0.15, 0.2) is 97.2 Å². The number of pyridine rings is 1. The van der Waals surface area contributed by atoms with E-state index in [0.717, 1.165) is 16.4 Å². The molecule has 4 rings (SSSR count). The number of hydrogen-bond donors (Lipinski definition) is 0. The molecule has 0 saturated heterocycles.